The third-order valence-electron chi connectivity index (χ3n) is 4.28. The zero-order valence-corrected chi connectivity index (χ0v) is 11.3. The van der Waals surface area contributed by atoms with E-state index < -0.39 is 5.97 Å². The van der Waals surface area contributed by atoms with Crippen LogP contribution in [0.2, 0.25) is 0 Å². The van der Waals surface area contributed by atoms with Crippen LogP contribution in [-0.2, 0) is 10.3 Å². The molecule has 0 radical (unpaired) electrons. The first-order chi connectivity index (χ1) is 8.47. The van der Waals surface area contributed by atoms with E-state index in [1.165, 1.54) is 11.1 Å². The first-order valence-corrected chi connectivity index (χ1v) is 6.46. The molecule has 1 aliphatic rings. The highest BCUT2D eigenvalue weighted by molar-refractivity contribution is 5.69. The summed E-state index contributed by atoms with van der Waals surface area (Å²) >= 11 is 0. The second-order valence-electron chi connectivity index (χ2n) is 5.52. The molecule has 1 aromatic carbocycles. The van der Waals surface area contributed by atoms with Gasteiger partial charge in [0, 0.05) is 0 Å². The number of carbonyl (C=O) groups is 1. The summed E-state index contributed by atoms with van der Waals surface area (Å²) in [6, 6.07) is 8.28. The molecule has 3 nitrogen and oxygen atoms in total. The van der Waals surface area contributed by atoms with Crippen molar-refractivity contribution in [3.8, 4) is 0 Å². The molecule has 98 valence electrons. The van der Waals surface area contributed by atoms with Crippen LogP contribution < -0.4 is 0 Å². The predicted octanol–water partition coefficient (Wildman–Crippen LogP) is 2.82. The summed E-state index contributed by atoms with van der Waals surface area (Å²) in [4.78, 5) is 13.3. The van der Waals surface area contributed by atoms with Crippen molar-refractivity contribution in [2.24, 2.45) is 0 Å². The molecule has 1 aromatic rings. The molecule has 0 spiro atoms. The van der Waals surface area contributed by atoms with Gasteiger partial charge in [-0.05, 0) is 44.0 Å². The van der Waals surface area contributed by atoms with Crippen molar-refractivity contribution in [2.45, 2.75) is 37.6 Å². The SMILES string of the molecule is CC1CCC(CC(=O)O)(N(C)C)c2ccccc21. The zero-order valence-electron chi connectivity index (χ0n) is 11.3. The zero-order chi connectivity index (χ0) is 13.3. The van der Waals surface area contributed by atoms with E-state index in [1.54, 1.807) is 0 Å². The number of rotatable bonds is 3. The Balaban J connectivity index is 2.55. The summed E-state index contributed by atoms with van der Waals surface area (Å²) in [6.07, 6.45) is 2.12. The lowest BCUT2D eigenvalue weighted by atomic mass is 9.70. The summed E-state index contributed by atoms with van der Waals surface area (Å²) in [5.41, 5.74) is 2.14. The quantitative estimate of drug-likeness (QED) is 0.893. The highest BCUT2D eigenvalue weighted by atomic mass is 16.4. The lowest BCUT2D eigenvalue weighted by molar-refractivity contribution is -0.140. The van der Waals surface area contributed by atoms with Gasteiger partial charge < -0.3 is 5.11 Å². The molecule has 3 heteroatoms. The van der Waals surface area contributed by atoms with Crippen molar-refractivity contribution in [1.82, 2.24) is 4.90 Å². The van der Waals surface area contributed by atoms with Gasteiger partial charge in [-0.2, -0.15) is 0 Å². The first kappa shape index (κ1) is 13.1. The molecule has 2 atom stereocenters. The van der Waals surface area contributed by atoms with E-state index in [9.17, 15) is 9.90 Å². The number of hydrogen-bond donors (Lipinski definition) is 1. The van der Waals surface area contributed by atoms with Gasteiger partial charge in [0.25, 0.3) is 0 Å². The maximum atomic E-state index is 11.2. The predicted molar refractivity (Wildman–Crippen MR) is 71.7 cm³/mol. The molecule has 0 aromatic heterocycles. The van der Waals surface area contributed by atoms with Crippen LogP contribution >= 0.6 is 0 Å². The Hall–Kier alpha value is -1.35. The Labute approximate surface area is 108 Å². The molecule has 0 heterocycles. The van der Waals surface area contributed by atoms with E-state index in [2.05, 4.69) is 24.0 Å². The Morgan fingerprint density at radius 1 is 1.44 bits per heavy atom. The van der Waals surface area contributed by atoms with Crippen molar-refractivity contribution < 1.29 is 9.90 Å². The number of hydrogen-bond acceptors (Lipinski definition) is 2. The Morgan fingerprint density at radius 2 is 2.11 bits per heavy atom. The molecular formula is C15H21NO2. The molecule has 1 N–H and O–H groups in total. The number of carboxylic acids is 1. The molecule has 2 unspecified atom stereocenters. The first-order valence-electron chi connectivity index (χ1n) is 6.46. The van der Waals surface area contributed by atoms with Gasteiger partial charge in [0.2, 0.25) is 0 Å². The lowest BCUT2D eigenvalue weighted by Crippen LogP contribution is -2.46. The molecule has 0 fully saturated rings. The van der Waals surface area contributed by atoms with E-state index in [-0.39, 0.29) is 12.0 Å². The number of benzene rings is 1. The highest BCUT2D eigenvalue weighted by Gasteiger charge is 2.41. The average Bonchev–Trinajstić information content (AvgIpc) is 2.32. The van der Waals surface area contributed by atoms with Gasteiger partial charge in [0.05, 0.1) is 12.0 Å². The van der Waals surface area contributed by atoms with Crippen LogP contribution in [0.25, 0.3) is 0 Å². The van der Waals surface area contributed by atoms with Crippen LogP contribution in [0.5, 0.6) is 0 Å². The fraction of sp³-hybridized carbons (Fsp3) is 0.533. The van der Waals surface area contributed by atoms with Gasteiger partial charge in [-0.25, -0.2) is 0 Å². The normalized spacial score (nSPS) is 27.0. The van der Waals surface area contributed by atoms with Crippen LogP contribution in [0.15, 0.2) is 24.3 Å². The number of carboxylic acid groups (broad SMARTS) is 1. The summed E-state index contributed by atoms with van der Waals surface area (Å²) in [6.45, 7) is 2.22. The maximum absolute atomic E-state index is 11.2. The standard InChI is InChI=1S/C15H21NO2/c1-11-8-9-15(16(2)3,10-14(17)18)13-7-5-4-6-12(11)13/h4-7,11H,8-10H2,1-3H3,(H,17,18). The van der Waals surface area contributed by atoms with E-state index in [0.717, 1.165) is 12.8 Å². The number of aliphatic carboxylic acids is 1. The molecule has 1 aliphatic carbocycles. The van der Waals surface area contributed by atoms with Gasteiger partial charge in [0.1, 0.15) is 0 Å². The third-order valence-corrected chi connectivity index (χ3v) is 4.28. The summed E-state index contributed by atoms with van der Waals surface area (Å²) in [7, 11) is 3.96. The molecule has 0 amide bonds. The van der Waals surface area contributed by atoms with E-state index in [4.69, 9.17) is 0 Å². The fourth-order valence-electron chi connectivity index (χ4n) is 3.15. The largest absolute Gasteiger partial charge is 0.481 e. The number of nitrogens with zero attached hydrogens (tertiary/aromatic N) is 1. The third kappa shape index (κ3) is 2.03. The molecule has 2 rings (SSSR count). The van der Waals surface area contributed by atoms with Gasteiger partial charge in [-0.3, -0.25) is 9.69 Å². The average molecular weight is 247 g/mol. The molecule has 0 aliphatic heterocycles. The Morgan fingerprint density at radius 3 is 2.72 bits per heavy atom. The van der Waals surface area contributed by atoms with Crippen molar-refractivity contribution in [1.29, 1.82) is 0 Å². The molecule has 18 heavy (non-hydrogen) atoms. The van der Waals surface area contributed by atoms with Crippen LogP contribution in [-0.4, -0.2) is 30.1 Å². The van der Waals surface area contributed by atoms with Crippen molar-refractivity contribution in [3.63, 3.8) is 0 Å². The van der Waals surface area contributed by atoms with E-state index in [1.807, 2.05) is 26.2 Å². The van der Waals surface area contributed by atoms with Gasteiger partial charge in [-0.1, -0.05) is 31.2 Å². The fourth-order valence-corrected chi connectivity index (χ4v) is 3.15. The summed E-state index contributed by atoms with van der Waals surface area (Å²) in [5.74, 6) is -0.212. The Kier molecular flexibility index (Phi) is 3.44. The molecular weight excluding hydrogens is 226 g/mol. The van der Waals surface area contributed by atoms with E-state index in [0.29, 0.717) is 5.92 Å². The van der Waals surface area contributed by atoms with Crippen LogP contribution in [0.1, 0.15) is 43.2 Å². The van der Waals surface area contributed by atoms with Gasteiger partial charge in [-0.15, -0.1) is 0 Å². The van der Waals surface area contributed by atoms with Gasteiger partial charge >= 0.3 is 5.97 Å². The minimum atomic E-state index is -0.729. The van der Waals surface area contributed by atoms with Crippen molar-refractivity contribution in [2.75, 3.05) is 14.1 Å². The molecule has 0 saturated carbocycles. The van der Waals surface area contributed by atoms with Crippen LogP contribution in [0.4, 0.5) is 0 Å². The lowest BCUT2D eigenvalue weighted by Gasteiger charge is -2.45. The monoisotopic (exact) mass is 247 g/mol. The highest BCUT2D eigenvalue weighted by Crippen LogP contribution is 2.45. The minimum absolute atomic E-state index is 0.170. The maximum Gasteiger partial charge on any atom is 0.305 e. The van der Waals surface area contributed by atoms with Crippen molar-refractivity contribution >= 4 is 5.97 Å². The smallest absolute Gasteiger partial charge is 0.305 e. The molecule has 0 bridgehead atoms. The summed E-state index contributed by atoms with van der Waals surface area (Å²) in [5, 5.41) is 9.24. The van der Waals surface area contributed by atoms with Crippen molar-refractivity contribution in [3.05, 3.63) is 35.4 Å². The van der Waals surface area contributed by atoms with Crippen LogP contribution in [0, 0.1) is 0 Å². The second kappa shape index (κ2) is 4.73. The topological polar surface area (TPSA) is 40.5 Å². The number of fused-ring (bicyclic) bond motifs is 1. The minimum Gasteiger partial charge on any atom is -0.481 e. The van der Waals surface area contributed by atoms with E-state index >= 15 is 0 Å². The summed E-state index contributed by atoms with van der Waals surface area (Å²) < 4.78 is 0. The Bertz CT molecular complexity index is 456. The second-order valence-corrected chi connectivity index (χ2v) is 5.52. The molecule has 0 saturated heterocycles. The van der Waals surface area contributed by atoms with Crippen LogP contribution in [0.3, 0.4) is 0 Å². The van der Waals surface area contributed by atoms with Gasteiger partial charge in [0.15, 0.2) is 0 Å².